The molecule has 0 aliphatic carbocycles. The van der Waals surface area contributed by atoms with E-state index in [0.29, 0.717) is 15.6 Å². The van der Waals surface area contributed by atoms with Gasteiger partial charge in [0.05, 0.1) is 16.5 Å². The molecule has 1 aliphatic rings. The van der Waals surface area contributed by atoms with E-state index >= 15 is 0 Å². The number of halogens is 1. The second-order valence-corrected chi connectivity index (χ2v) is 7.63. The Labute approximate surface area is 184 Å². The highest BCUT2D eigenvalue weighted by Gasteiger charge is 2.47. The van der Waals surface area contributed by atoms with Gasteiger partial charge in [-0.1, -0.05) is 30.3 Å². The number of pyridine rings is 1. The van der Waals surface area contributed by atoms with E-state index in [4.69, 9.17) is 0 Å². The van der Waals surface area contributed by atoms with E-state index in [0.717, 1.165) is 0 Å². The summed E-state index contributed by atoms with van der Waals surface area (Å²) in [5, 5.41) is 22.0. The number of hydrogen-bond acceptors (Lipinski definition) is 6. The van der Waals surface area contributed by atoms with Gasteiger partial charge in [-0.2, -0.15) is 0 Å². The van der Waals surface area contributed by atoms with Gasteiger partial charge in [0.1, 0.15) is 11.6 Å². The fraction of sp³-hybridized carbons (Fsp3) is 0.0455. The van der Waals surface area contributed by atoms with Crippen LogP contribution < -0.4 is 4.90 Å². The van der Waals surface area contributed by atoms with Gasteiger partial charge in [-0.15, -0.1) is 0 Å². The highest BCUT2D eigenvalue weighted by atomic mass is 79.9. The molecular formula is C22H14BrN3O5. The number of nitrogens with zero attached hydrogens (tertiary/aromatic N) is 3. The minimum absolute atomic E-state index is 0.116. The van der Waals surface area contributed by atoms with Gasteiger partial charge in [-0.25, -0.2) is 4.98 Å². The molecule has 2 heterocycles. The fourth-order valence-electron chi connectivity index (χ4n) is 3.42. The predicted octanol–water partition coefficient (Wildman–Crippen LogP) is 4.38. The predicted molar refractivity (Wildman–Crippen MR) is 116 cm³/mol. The van der Waals surface area contributed by atoms with Crippen LogP contribution in [0.3, 0.4) is 0 Å². The van der Waals surface area contributed by atoms with E-state index in [1.54, 1.807) is 42.5 Å². The van der Waals surface area contributed by atoms with Crippen molar-refractivity contribution in [1.29, 1.82) is 0 Å². The monoisotopic (exact) mass is 479 g/mol. The molecule has 0 bridgehead atoms. The number of anilines is 1. The summed E-state index contributed by atoms with van der Waals surface area (Å²) in [7, 11) is 0. The molecule has 4 rings (SSSR count). The average Bonchev–Trinajstić information content (AvgIpc) is 3.05. The van der Waals surface area contributed by atoms with Crippen LogP contribution >= 0.6 is 15.9 Å². The highest BCUT2D eigenvalue weighted by Crippen LogP contribution is 2.41. The zero-order valence-corrected chi connectivity index (χ0v) is 17.4. The maximum Gasteiger partial charge on any atom is 0.301 e. The maximum atomic E-state index is 13.0. The van der Waals surface area contributed by atoms with Gasteiger partial charge in [-0.05, 0) is 45.8 Å². The van der Waals surface area contributed by atoms with E-state index < -0.39 is 22.7 Å². The van der Waals surface area contributed by atoms with E-state index in [1.807, 2.05) is 0 Å². The highest BCUT2D eigenvalue weighted by molar-refractivity contribution is 9.10. The first-order valence-electron chi connectivity index (χ1n) is 9.11. The lowest BCUT2D eigenvalue weighted by molar-refractivity contribution is -0.384. The van der Waals surface area contributed by atoms with Gasteiger partial charge >= 0.3 is 5.91 Å². The van der Waals surface area contributed by atoms with Crippen LogP contribution in [0, 0.1) is 10.1 Å². The molecule has 154 valence electrons. The smallest absolute Gasteiger partial charge is 0.301 e. The molecule has 1 atom stereocenters. The lowest BCUT2D eigenvalue weighted by Gasteiger charge is -2.24. The Kier molecular flexibility index (Phi) is 5.35. The lowest BCUT2D eigenvalue weighted by Crippen LogP contribution is -2.30. The van der Waals surface area contributed by atoms with Crippen LogP contribution in [0.2, 0.25) is 0 Å². The Morgan fingerprint density at radius 2 is 1.71 bits per heavy atom. The van der Waals surface area contributed by atoms with Crippen molar-refractivity contribution in [1.82, 2.24) is 4.98 Å². The minimum Gasteiger partial charge on any atom is -0.507 e. The third-order valence-electron chi connectivity index (χ3n) is 4.87. The molecule has 2 aromatic carbocycles. The minimum atomic E-state index is -1.00. The summed E-state index contributed by atoms with van der Waals surface area (Å²) in [6, 6.07) is 16.1. The van der Waals surface area contributed by atoms with Crippen molar-refractivity contribution in [2.45, 2.75) is 6.04 Å². The fourth-order valence-corrected chi connectivity index (χ4v) is 3.66. The summed E-state index contributed by atoms with van der Waals surface area (Å²) in [6.07, 6.45) is 1.48. The molecule has 1 amide bonds. The molecule has 9 heteroatoms. The quantitative estimate of drug-likeness (QED) is 0.195. The van der Waals surface area contributed by atoms with Crippen LogP contribution in [0.15, 0.2) is 83.0 Å². The molecule has 8 nitrogen and oxygen atoms in total. The first kappa shape index (κ1) is 20.4. The van der Waals surface area contributed by atoms with Crippen LogP contribution in [0.5, 0.6) is 0 Å². The van der Waals surface area contributed by atoms with Crippen LogP contribution in [-0.2, 0) is 9.59 Å². The third-order valence-corrected chi connectivity index (χ3v) is 5.34. The van der Waals surface area contributed by atoms with Crippen LogP contribution in [-0.4, -0.2) is 26.7 Å². The van der Waals surface area contributed by atoms with E-state index in [2.05, 4.69) is 20.9 Å². The maximum absolute atomic E-state index is 13.0. The number of amides is 1. The molecular weight excluding hydrogens is 466 g/mol. The number of carbonyl (C=O) groups excluding carboxylic acids is 2. The Hall–Kier alpha value is -3.85. The first-order valence-corrected chi connectivity index (χ1v) is 9.90. The first-order chi connectivity index (χ1) is 14.9. The van der Waals surface area contributed by atoms with Crippen molar-refractivity contribution in [2.24, 2.45) is 0 Å². The standard InChI is InChI=1S/C22H14BrN3O5/c23-15-8-11-17(24-12-15)25-19(13-6-9-16(10-7-13)26(30)31)18(21(28)22(25)29)20(27)14-4-2-1-3-5-14/h1-12,19,27H/b20-18-. The second-order valence-electron chi connectivity index (χ2n) is 6.72. The van der Waals surface area contributed by atoms with Gasteiger partial charge in [0.15, 0.2) is 0 Å². The largest absolute Gasteiger partial charge is 0.507 e. The molecule has 1 unspecified atom stereocenters. The molecule has 1 saturated heterocycles. The molecule has 1 aliphatic heterocycles. The molecule has 0 radical (unpaired) electrons. The molecule has 3 aromatic rings. The van der Waals surface area contributed by atoms with Gasteiger partial charge in [0, 0.05) is 28.4 Å². The normalized spacial score (nSPS) is 17.7. The summed E-state index contributed by atoms with van der Waals surface area (Å²) >= 11 is 3.28. The molecule has 1 aromatic heterocycles. The zero-order valence-electron chi connectivity index (χ0n) is 15.8. The van der Waals surface area contributed by atoms with Crippen molar-refractivity contribution >= 4 is 44.9 Å². The average molecular weight is 480 g/mol. The topological polar surface area (TPSA) is 114 Å². The molecule has 31 heavy (non-hydrogen) atoms. The van der Waals surface area contributed by atoms with Crippen LogP contribution in [0.4, 0.5) is 11.5 Å². The number of aliphatic hydroxyl groups excluding tert-OH is 1. The van der Waals surface area contributed by atoms with Crippen molar-refractivity contribution in [3.63, 3.8) is 0 Å². The Morgan fingerprint density at radius 1 is 1.03 bits per heavy atom. The van der Waals surface area contributed by atoms with E-state index in [-0.39, 0.29) is 22.8 Å². The Bertz CT molecular complexity index is 1210. The summed E-state index contributed by atoms with van der Waals surface area (Å²) in [4.78, 5) is 41.8. The molecule has 0 spiro atoms. The number of Topliss-reactive ketones (excluding diaryl/α,β-unsaturated/α-hetero) is 1. The van der Waals surface area contributed by atoms with Gasteiger partial charge in [0.2, 0.25) is 0 Å². The third kappa shape index (κ3) is 3.71. The number of ketones is 1. The second kappa shape index (κ2) is 8.11. The molecule has 1 fully saturated rings. The number of hydrogen-bond donors (Lipinski definition) is 1. The Morgan fingerprint density at radius 3 is 2.29 bits per heavy atom. The summed E-state index contributed by atoms with van der Waals surface area (Å²) in [6.45, 7) is 0. The number of nitro groups is 1. The Balaban J connectivity index is 1.93. The number of aliphatic hydroxyl groups is 1. The number of carbonyl (C=O) groups is 2. The zero-order chi connectivity index (χ0) is 22.1. The van der Waals surface area contributed by atoms with E-state index in [1.165, 1.54) is 35.4 Å². The summed E-state index contributed by atoms with van der Waals surface area (Å²) in [5.41, 5.74) is 0.545. The SMILES string of the molecule is O=C1C(=O)N(c2ccc(Br)cn2)C(c2ccc([N+](=O)[O-])cc2)/C1=C(/O)c1ccccc1. The number of aromatic nitrogens is 1. The van der Waals surface area contributed by atoms with Crippen LogP contribution in [0.25, 0.3) is 5.76 Å². The number of non-ortho nitro benzene ring substituents is 1. The molecule has 0 saturated carbocycles. The van der Waals surface area contributed by atoms with Crippen molar-refractivity contribution in [3.05, 3.63) is 104 Å². The van der Waals surface area contributed by atoms with Gasteiger partial charge in [0.25, 0.3) is 11.5 Å². The van der Waals surface area contributed by atoms with Gasteiger partial charge in [-0.3, -0.25) is 24.6 Å². The van der Waals surface area contributed by atoms with Crippen molar-refractivity contribution in [2.75, 3.05) is 4.90 Å². The van der Waals surface area contributed by atoms with Crippen molar-refractivity contribution in [3.8, 4) is 0 Å². The summed E-state index contributed by atoms with van der Waals surface area (Å²) in [5.74, 6) is -1.84. The number of rotatable bonds is 4. The lowest BCUT2D eigenvalue weighted by atomic mass is 9.95. The van der Waals surface area contributed by atoms with E-state index in [9.17, 15) is 24.8 Å². The van der Waals surface area contributed by atoms with Gasteiger partial charge < -0.3 is 5.11 Å². The molecule has 1 N–H and O–H groups in total. The number of nitro benzene ring substituents is 1. The summed E-state index contributed by atoms with van der Waals surface area (Å²) < 4.78 is 0.684. The van der Waals surface area contributed by atoms with Crippen LogP contribution in [0.1, 0.15) is 17.2 Å². The van der Waals surface area contributed by atoms with Crippen molar-refractivity contribution < 1.29 is 19.6 Å². The number of benzene rings is 2.